The van der Waals surface area contributed by atoms with Crippen molar-refractivity contribution in [1.29, 1.82) is 0 Å². The normalized spacial score (nSPS) is 17.2. The van der Waals surface area contributed by atoms with E-state index in [-0.39, 0.29) is 11.4 Å². The van der Waals surface area contributed by atoms with Crippen molar-refractivity contribution in [3.8, 4) is 0 Å². The van der Waals surface area contributed by atoms with Crippen LogP contribution in [0.1, 0.15) is 36.0 Å². The van der Waals surface area contributed by atoms with E-state index >= 15 is 0 Å². The van der Waals surface area contributed by atoms with E-state index in [1.807, 2.05) is 0 Å². The summed E-state index contributed by atoms with van der Waals surface area (Å²) in [6.07, 6.45) is 7.82. The molecule has 1 aliphatic carbocycles. The molecule has 0 aliphatic heterocycles. The molecule has 20 heavy (non-hydrogen) atoms. The van der Waals surface area contributed by atoms with Crippen molar-refractivity contribution < 1.29 is 4.79 Å². The van der Waals surface area contributed by atoms with Crippen molar-refractivity contribution in [3.63, 3.8) is 0 Å². The molecule has 1 heterocycles. The molecule has 2 N–H and O–H groups in total. The minimum absolute atomic E-state index is 0.0986. The average Bonchev–Trinajstić information content (AvgIpc) is 2.95. The van der Waals surface area contributed by atoms with Crippen LogP contribution in [-0.4, -0.2) is 54.0 Å². The van der Waals surface area contributed by atoms with Crippen molar-refractivity contribution in [1.82, 2.24) is 20.2 Å². The first-order chi connectivity index (χ1) is 9.57. The number of aromatic nitrogens is 2. The molecule has 1 aliphatic rings. The number of hydrogen-bond donors (Lipinski definition) is 2. The maximum atomic E-state index is 12.1. The molecule has 0 bridgehead atoms. The van der Waals surface area contributed by atoms with E-state index in [4.69, 9.17) is 0 Å². The molecule has 1 amide bonds. The van der Waals surface area contributed by atoms with Gasteiger partial charge in [-0.25, -0.2) is 9.97 Å². The predicted molar refractivity (Wildman–Crippen MR) is 78.8 cm³/mol. The Balaban J connectivity index is 1.97. The van der Waals surface area contributed by atoms with Crippen LogP contribution in [-0.2, 0) is 0 Å². The van der Waals surface area contributed by atoms with Gasteiger partial charge in [-0.2, -0.15) is 0 Å². The van der Waals surface area contributed by atoms with E-state index in [0.717, 1.165) is 12.8 Å². The van der Waals surface area contributed by atoms with Gasteiger partial charge in [0.05, 0.1) is 5.56 Å². The molecule has 0 aromatic carbocycles. The second kappa shape index (κ2) is 6.17. The molecule has 6 heteroatoms. The minimum atomic E-state index is -0.110. The van der Waals surface area contributed by atoms with Crippen LogP contribution >= 0.6 is 0 Å². The maximum absolute atomic E-state index is 12.1. The summed E-state index contributed by atoms with van der Waals surface area (Å²) in [5.41, 5.74) is 0.595. The molecule has 0 radical (unpaired) electrons. The number of anilines is 1. The zero-order valence-electron chi connectivity index (χ0n) is 12.4. The fourth-order valence-corrected chi connectivity index (χ4v) is 2.74. The summed E-state index contributed by atoms with van der Waals surface area (Å²) in [5, 5.41) is 5.85. The highest BCUT2D eigenvalue weighted by Crippen LogP contribution is 2.33. The second-order valence-electron chi connectivity index (χ2n) is 5.55. The predicted octanol–water partition coefficient (Wildman–Crippen LogP) is 1.12. The van der Waals surface area contributed by atoms with Crippen LogP contribution in [0.15, 0.2) is 12.4 Å². The summed E-state index contributed by atoms with van der Waals surface area (Å²) in [6, 6.07) is 0. The number of carbonyl (C=O) groups excluding carboxylic acids is 1. The summed E-state index contributed by atoms with van der Waals surface area (Å²) in [6.45, 7) is 0.673. The van der Waals surface area contributed by atoms with Crippen LogP contribution in [0.3, 0.4) is 0 Å². The maximum Gasteiger partial charge on any atom is 0.254 e. The molecular weight excluding hydrogens is 254 g/mol. The van der Waals surface area contributed by atoms with Crippen LogP contribution in [0.4, 0.5) is 5.95 Å². The first kappa shape index (κ1) is 14.7. The van der Waals surface area contributed by atoms with E-state index in [1.165, 1.54) is 12.8 Å². The lowest BCUT2D eigenvalue weighted by molar-refractivity contribution is 0.0899. The minimum Gasteiger partial charge on any atom is -0.357 e. The van der Waals surface area contributed by atoms with Crippen LogP contribution in [0.25, 0.3) is 0 Å². The van der Waals surface area contributed by atoms with Crippen molar-refractivity contribution in [2.24, 2.45) is 0 Å². The Morgan fingerprint density at radius 2 is 1.90 bits per heavy atom. The topological polar surface area (TPSA) is 70.2 Å². The van der Waals surface area contributed by atoms with Crippen LogP contribution in [0.2, 0.25) is 0 Å². The van der Waals surface area contributed by atoms with Crippen molar-refractivity contribution in [2.45, 2.75) is 31.2 Å². The summed E-state index contributed by atoms with van der Waals surface area (Å²) in [5.74, 6) is 0.405. The molecule has 0 saturated heterocycles. The van der Waals surface area contributed by atoms with Gasteiger partial charge in [-0.15, -0.1) is 0 Å². The Bertz CT molecular complexity index is 451. The van der Waals surface area contributed by atoms with Crippen molar-refractivity contribution in [2.75, 3.05) is 33.0 Å². The third-order valence-electron chi connectivity index (χ3n) is 4.20. The van der Waals surface area contributed by atoms with Gasteiger partial charge in [0.15, 0.2) is 0 Å². The highest BCUT2D eigenvalue weighted by molar-refractivity contribution is 5.93. The first-order valence-corrected chi connectivity index (χ1v) is 7.03. The Labute approximate surface area is 120 Å². The molecule has 2 rings (SSSR count). The fourth-order valence-electron chi connectivity index (χ4n) is 2.74. The molecule has 1 saturated carbocycles. The number of rotatable bonds is 5. The molecule has 1 fully saturated rings. The Morgan fingerprint density at radius 3 is 2.40 bits per heavy atom. The zero-order chi connectivity index (χ0) is 14.6. The molecule has 0 spiro atoms. The zero-order valence-corrected chi connectivity index (χ0v) is 12.4. The average molecular weight is 277 g/mol. The van der Waals surface area contributed by atoms with Gasteiger partial charge >= 0.3 is 0 Å². The lowest BCUT2D eigenvalue weighted by Gasteiger charge is -2.36. The van der Waals surface area contributed by atoms with E-state index in [2.05, 4.69) is 39.6 Å². The third-order valence-corrected chi connectivity index (χ3v) is 4.20. The summed E-state index contributed by atoms with van der Waals surface area (Å²) in [7, 11) is 5.92. The highest BCUT2D eigenvalue weighted by Gasteiger charge is 2.36. The van der Waals surface area contributed by atoms with Gasteiger partial charge in [0.1, 0.15) is 0 Å². The van der Waals surface area contributed by atoms with Gasteiger partial charge in [0.2, 0.25) is 5.95 Å². The lowest BCUT2D eigenvalue weighted by Crippen LogP contribution is -2.50. The lowest BCUT2D eigenvalue weighted by atomic mass is 9.96. The van der Waals surface area contributed by atoms with Crippen LogP contribution < -0.4 is 10.6 Å². The van der Waals surface area contributed by atoms with Gasteiger partial charge in [-0.3, -0.25) is 4.79 Å². The quantitative estimate of drug-likeness (QED) is 0.844. The second-order valence-corrected chi connectivity index (χ2v) is 5.55. The van der Waals surface area contributed by atoms with E-state index in [1.54, 1.807) is 19.4 Å². The van der Waals surface area contributed by atoms with Gasteiger partial charge in [0, 0.05) is 31.5 Å². The molecule has 6 nitrogen and oxygen atoms in total. The summed E-state index contributed by atoms with van der Waals surface area (Å²) in [4.78, 5) is 22.5. The third kappa shape index (κ3) is 3.07. The first-order valence-electron chi connectivity index (χ1n) is 7.03. The monoisotopic (exact) mass is 277 g/mol. The number of hydrogen-bond acceptors (Lipinski definition) is 5. The SMILES string of the molecule is CNc1ncc(C(=O)NCC2(N(C)C)CCCC2)cn1. The Hall–Kier alpha value is -1.69. The number of amides is 1. The number of nitrogens with zero attached hydrogens (tertiary/aromatic N) is 3. The van der Waals surface area contributed by atoms with E-state index in [0.29, 0.717) is 18.1 Å². The molecule has 0 atom stereocenters. The molecule has 1 aromatic rings. The molecule has 0 unspecified atom stereocenters. The van der Waals surface area contributed by atoms with Crippen LogP contribution in [0, 0.1) is 0 Å². The molecular formula is C14H23N5O. The standard InChI is InChI=1S/C14H23N5O/c1-15-13-16-8-11(9-17-13)12(20)18-10-14(19(2)3)6-4-5-7-14/h8-9H,4-7,10H2,1-3H3,(H,18,20)(H,15,16,17). The van der Waals surface area contributed by atoms with E-state index in [9.17, 15) is 4.79 Å². The summed E-state index contributed by atoms with van der Waals surface area (Å²) < 4.78 is 0. The molecule has 1 aromatic heterocycles. The smallest absolute Gasteiger partial charge is 0.254 e. The number of likely N-dealkylation sites (N-methyl/N-ethyl adjacent to an activating group) is 1. The molecule has 110 valence electrons. The highest BCUT2D eigenvalue weighted by atomic mass is 16.1. The van der Waals surface area contributed by atoms with Gasteiger partial charge in [-0.05, 0) is 26.9 Å². The van der Waals surface area contributed by atoms with Gasteiger partial charge in [-0.1, -0.05) is 12.8 Å². The van der Waals surface area contributed by atoms with Crippen LogP contribution in [0.5, 0.6) is 0 Å². The largest absolute Gasteiger partial charge is 0.357 e. The number of nitrogens with one attached hydrogen (secondary N) is 2. The number of carbonyl (C=O) groups is 1. The Kier molecular flexibility index (Phi) is 4.54. The van der Waals surface area contributed by atoms with Gasteiger partial charge in [0.25, 0.3) is 5.91 Å². The van der Waals surface area contributed by atoms with Crippen molar-refractivity contribution >= 4 is 11.9 Å². The van der Waals surface area contributed by atoms with Gasteiger partial charge < -0.3 is 15.5 Å². The summed E-state index contributed by atoms with van der Waals surface area (Å²) >= 11 is 0. The Morgan fingerprint density at radius 1 is 1.30 bits per heavy atom. The fraction of sp³-hybridized carbons (Fsp3) is 0.643. The van der Waals surface area contributed by atoms with E-state index < -0.39 is 0 Å². The van der Waals surface area contributed by atoms with Crippen molar-refractivity contribution in [3.05, 3.63) is 18.0 Å².